The number of rotatable bonds is 5. The number of fused-ring (bicyclic) bond motifs is 1. The quantitative estimate of drug-likeness (QED) is 0.467. The summed E-state index contributed by atoms with van der Waals surface area (Å²) in [5.41, 5.74) is 9.62. The SMILES string of the molecule is NC1(Cc2cc3cc[nH]c3cc2Cl)N=CC=C(Nc2cc(C3CC3)[nH]n2)N1. The number of aliphatic imine (C=N–C) groups is 1. The average Bonchev–Trinajstić information content (AvgIpc) is 3.21. The molecule has 1 unspecified atom stereocenters. The number of hydrogen-bond acceptors (Lipinski definition) is 5. The maximum Gasteiger partial charge on any atom is 0.187 e. The van der Waals surface area contributed by atoms with Crippen molar-refractivity contribution in [3.8, 4) is 0 Å². The lowest BCUT2D eigenvalue weighted by molar-refractivity contribution is 0.380. The monoisotopic (exact) mass is 381 g/mol. The number of H-pyrrole nitrogens is 2. The molecule has 0 radical (unpaired) electrons. The molecule has 7 nitrogen and oxygen atoms in total. The summed E-state index contributed by atoms with van der Waals surface area (Å²) in [6.45, 7) is 0. The Hall–Kier alpha value is -2.77. The topological polar surface area (TPSA) is 107 Å². The molecule has 1 aromatic carbocycles. The van der Waals surface area contributed by atoms with E-state index in [1.807, 2.05) is 36.5 Å². The zero-order valence-corrected chi connectivity index (χ0v) is 15.3. The molecule has 0 bridgehead atoms. The van der Waals surface area contributed by atoms with Gasteiger partial charge in [0.25, 0.3) is 0 Å². The van der Waals surface area contributed by atoms with Crippen molar-refractivity contribution in [1.29, 1.82) is 0 Å². The molecule has 1 aliphatic carbocycles. The van der Waals surface area contributed by atoms with Crippen LogP contribution in [0.15, 0.2) is 47.4 Å². The highest BCUT2D eigenvalue weighted by Crippen LogP contribution is 2.39. The van der Waals surface area contributed by atoms with Crippen molar-refractivity contribution in [3.05, 3.63) is 58.6 Å². The van der Waals surface area contributed by atoms with Crippen LogP contribution < -0.4 is 16.4 Å². The largest absolute Gasteiger partial charge is 0.361 e. The molecule has 1 aliphatic heterocycles. The lowest BCUT2D eigenvalue weighted by Crippen LogP contribution is -2.55. The maximum absolute atomic E-state index is 6.50. The molecular formula is C19H20ClN7. The van der Waals surface area contributed by atoms with E-state index in [1.165, 1.54) is 18.5 Å². The number of nitrogens with one attached hydrogen (secondary N) is 4. The summed E-state index contributed by atoms with van der Waals surface area (Å²) < 4.78 is 0. The normalized spacial score (nSPS) is 21.9. The third kappa shape index (κ3) is 3.31. The summed E-state index contributed by atoms with van der Waals surface area (Å²) in [6.07, 6.45) is 8.35. The number of allylic oxidation sites excluding steroid dienone is 1. The standard InChI is InChI=1S/C19H20ClN7/c20-14-8-15-12(3-5-22-15)7-13(14)10-19(21)23-6-4-17(25-19)24-18-9-16(26-27-18)11-1-2-11/h3-9,11,22,25H,1-2,10,21H2,(H2,24,26,27). The lowest BCUT2D eigenvalue weighted by atomic mass is 10.0. The van der Waals surface area contributed by atoms with Gasteiger partial charge in [-0.3, -0.25) is 15.8 Å². The molecule has 3 heterocycles. The van der Waals surface area contributed by atoms with Gasteiger partial charge in [0.05, 0.1) is 0 Å². The number of aromatic nitrogens is 3. The van der Waals surface area contributed by atoms with Crippen molar-refractivity contribution in [2.75, 3.05) is 5.32 Å². The molecule has 0 saturated heterocycles. The summed E-state index contributed by atoms with van der Waals surface area (Å²) in [4.78, 5) is 7.59. The van der Waals surface area contributed by atoms with E-state index in [-0.39, 0.29) is 0 Å². The van der Waals surface area contributed by atoms with Crippen molar-refractivity contribution in [2.24, 2.45) is 10.7 Å². The number of aromatic amines is 2. The number of benzene rings is 1. The first kappa shape index (κ1) is 16.4. The molecule has 3 aromatic rings. The van der Waals surface area contributed by atoms with Gasteiger partial charge in [-0.05, 0) is 48.1 Å². The predicted octanol–water partition coefficient (Wildman–Crippen LogP) is 3.20. The number of nitrogens with two attached hydrogens (primary N) is 1. The summed E-state index contributed by atoms with van der Waals surface area (Å²) >= 11 is 6.45. The molecule has 0 spiro atoms. The minimum atomic E-state index is -0.986. The van der Waals surface area contributed by atoms with Crippen LogP contribution in [0, 0.1) is 0 Å². The second-order valence-electron chi connectivity index (χ2n) is 7.20. The first-order chi connectivity index (χ1) is 13.1. The first-order valence-electron chi connectivity index (χ1n) is 8.98. The molecule has 8 heteroatoms. The zero-order valence-electron chi connectivity index (χ0n) is 14.6. The van der Waals surface area contributed by atoms with Gasteiger partial charge >= 0.3 is 0 Å². The van der Waals surface area contributed by atoms with Gasteiger partial charge in [-0.2, -0.15) is 5.10 Å². The Balaban J connectivity index is 1.32. The molecule has 0 amide bonds. The van der Waals surface area contributed by atoms with E-state index in [0.717, 1.165) is 28.1 Å². The first-order valence-corrected chi connectivity index (χ1v) is 9.36. The van der Waals surface area contributed by atoms with Gasteiger partial charge < -0.3 is 15.6 Å². The molecule has 6 N–H and O–H groups in total. The Morgan fingerprint density at radius 1 is 1.30 bits per heavy atom. The summed E-state index contributed by atoms with van der Waals surface area (Å²) in [5, 5.41) is 15.7. The van der Waals surface area contributed by atoms with Crippen LogP contribution in [-0.4, -0.2) is 27.2 Å². The van der Waals surface area contributed by atoms with Crippen LogP contribution in [0.5, 0.6) is 0 Å². The van der Waals surface area contributed by atoms with Gasteiger partial charge in [-0.15, -0.1) is 0 Å². The van der Waals surface area contributed by atoms with Crippen molar-refractivity contribution in [1.82, 2.24) is 20.5 Å². The number of hydrogen-bond donors (Lipinski definition) is 5. The van der Waals surface area contributed by atoms with Crippen LogP contribution in [0.25, 0.3) is 10.9 Å². The highest BCUT2D eigenvalue weighted by molar-refractivity contribution is 6.32. The fourth-order valence-electron chi connectivity index (χ4n) is 3.40. The Labute approximate surface area is 161 Å². The van der Waals surface area contributed by atoms with E-state index >= 15 is 0 Å². The molecule has 27 heavy (non-hydrogen) atoms. The van der Waals surface area contributed by atoms with E-state index in [0.29, 0.717) is 17.4 Å². The maximum atomic E-state index is 6.50. The van der Waals surface area contributed by atoms with Crippen LogP contribution >= 0.6 is 11.6 Å². The summed E-state index contributed by atoms with van der Waals surface area (Å²) in [7, 11) is 0. The average molecular weight is 382 g/mol. The Bertz CT molecular complexity index is 1060. The summed E-state index contributed by atoms with van der Waals surface area (Å²) in [6, 6.07) is 8.01. The highest BCUT2D eigenvalue weighted by Gasteiger charge is 2.29. The Kier molecular flexibility index (Phi) is 3.73. The Morgan fingerprint density at radius 2 is 2.19 bits per heavy atom. The number of nitrogens with zero attached hydrogens (tertiary/aromatic N) is 2. The van der Waals surface area contributed by atoms with Gasteiger partial charge in [0.15, 0.2) is 11.6 Å². The van der Waals surface area contributed by atoms with Crippen molar-refractivity contribution >= 4 is 34.5 Å². The third-order valence-corrected chi connectivity index (χ3v) is 5.31. The lowest BCUT2D eigenvalue weighted by Gasteiger charge is -2.31. The Morgan fingerprint density at radius 3 is 3.04 bits per heavy atom. The molecule has 2 aliphatic rings. The van der Waals surface area contributed by atoms with Gasteiger partial charge in [0.1, 0.15) is 5.82 Å². The molecule has 5 rings (SSSR count). The smallest absolute Gasteiger partial charge is 0.187 e. The van der Waals surface area contributed by atoms with Crippen LogP contribution in [0.4, 0.5) is 5.82 Å². The van der Waals surface area contributed by atoms with E-state index < -0.39 is 5.79 Å². The van der Waals surface area contributed by atoms with E-state index in [2.05, 4.69) is 30.8 Å². The second-order valence-corrected chi connectivity index (χ2v) is 7.61. The van der Waals surface area contributed by atoms with Crippen LogP contribution in [0.1, 0.15) is 30.0 Å². The summed E-state index contributed by atoms with van der Waals surface area (Å²) in [5.74, 6) is 1.16. The molecule has 1 fully saturated rings. The fraction of sp³-hybridized carbons (Fsp3) is 0.263. The highest BCUT2D eigenvalue weighted by atomic mass is 35.5. The van der Waals surface area contributed by atoms with E-state index in [4.69, 9.17) is 17.3 Å². The van der Waals surface area contributed by atoms with Gasteiger partial charge in [0, 0.05) is 47.0 Å². The molecule has 2 aromatic heterocycles. The van der Waals surface area contributed by atoms with Crippen LogP contribution in [0.3, 0.4) is 0 Å². The van der Waals surface area contributed by atoms with Crippen molar-refractivity contribution in [3.63, 3.8) is 0 Å². The van der Waals surface area contributed by atoms with Crippen LogP contribution in [0.2, 0.25) is 5.02 Å². The molecule has 138 valence electrons. The van der Waals surface area contributed by atoms with Gasteiger partial charge in [0.2, 0.25) is 0 Å². The number of anilines is 1. The van der Waals surface area contributed by atoms with Crippen molar-refractivity contribution in [2.45, 2.75) is 31.0 Å². The fourth-order valence-corrected chi connectivity index (χ4v) is 3.63. The molecule has 1 saturated carbocycles. The minimum absolute atomic E-state index is 0.455. The second kappa shape index (κ2) is 6.14. The van der Waals surface area contributed by atoms with Gasteiger partial charge in [-0.1, -0.05) is 11.6 Å². The third-order valence-electron chi connectivity index (χ3n) is 4.96. The molecular weight excluding hydrogens is 362 g/mol. The number of halogens is 1. The molecule has 1 atom stereocenters. The van der Waals surface area contributed by atoms with Crippen LogP contribution in [-0.2, 0) is 6.42 Å². The van der Waals surface area contributed by atoms with Gasteiger partial charge in [-0.25, -0.2) is 0 Å². The van der Waals surface area contributed by atoms with E-state index in [1.54, 1.807) is 6.21 Å². The zero-order chi connectivity index (χ0) is 18.4. The van der Waals surface area contributed by atoms with E-state index in [9.17, 15) is 0 Å². The minimum Gasteiger partial charge on any atom is -0.361 e. The van der Waals surface area contributed by atoms with Crippen molar-refractivity contribution < 1.29 is 0 Å². The predicted molar refractivity (Wildman–Crippen MR) is 108 cm³/mol.